The number of carbonyl (C=O) groups is 1. The van der Waals surface area contributed by atoms with Gasteiger partial charge >= 0.3 is 6.03 Å². The Morgan fingerprint density at radius 2 is 1.82 bits per heavy atom. The Hall–Kier alpha value is -3.10. The highest BCUT2D eigenvalue weighted by Crippen LogP contribution is 2.35. The Bertz CT molecular complexity index is 1300. The molecule has 2 aromatic heterocycles. The van der Waals surface area contributed by atoms with Crippen molar-refractivity contribution in [2.24, 2.45) is 0 Å². The van der Waals surface area contributed by atoms with Gasteiger partial charge in [-0.05, 0) is 25.1 Å². The molecule has 1 saturated heterocycles. The van der Waals surface area contributed by atoms with E-state index in [4.69, 9.17) is 9.72 Å². The minimum Gasteiger partial charge on any atom is -0.497 e. The van der Waals surface area contributed by atoms with Crippen LogP contribution in [0.5, 0.6) is 5.75 Å². The molecule has 172 valence electrons. The van der Waals surface area contributed by atoms with Crippen molar-refractivity contribution >= 4 is 32.5 Å². The maximum Gasteiger partial charge on any atom is 0.319 e. The number of imidazole rings is 1. The van der Waals surface area contributed by atoms with Crippen LogP contribution in [0.4, 0.5) is 4.79 Å². The molecule has 2 aromatic carbocycles. The van der Waals surface area contributed by atoms with Crippen LogP contribution >= 0.6 is 11.3 Å². The minimum atomic E-state index is 0.0829. The predicted octanol–water partition coefficient (Wildman–Crippen LogP) is 4.33. The molecule has 33 heavy (non-hydrogen) atoms. The van der Waals surface area contributed by atoms with Crippen molar-refractivity contribution in [3.05, 3.63) is 53.7 Å². The third-order valence-corrected chi connectivity index (χ3v) is 7.28. The summed E-state index contributed by atoms with van der Waals surface area (Å²) in [4.78, 5) is 24.4. The van der Waals surface area contributed by atoms with Gasteiger partial charge in [-0.15, -0.1) is 0 Å². The van der Waals surface area contributed by atoms with E-state index in [1.165, 1.54) is 11.3 Å². The van der Waals surface area contributed by atoms with E-state index in [1.54, 1.807) is 23.3 Å². The van der Waals surface area contributed by atoms with Crippen molar-refractivity contribution in [1.29, 1.82) is 0 Å². The number of hydrogen-bond acceptors (Lipinski definition) is 5. The number of ether oxygens (including phenoxy) is 1. The molecule has 0 atom stereocenters. The largest absolute Gasteiger partial charge is 0.497 e. The fourth-order valence-electron chi connectivity index (χ4n) is 4.41. The quantitative estimate of drug-likeness (QED) is 0.452. The number of piperazine rings is 1. The maximum absolute atomic E-state index is 12.3. The number of carbonyl (C=O) groups excluding carboxylic acids is 1. The van der Waals surface area contributed by atoms with E-state index < -0.39 is 0 Å². The highest BCUT2D eigenvalue weighted by Gasteiger charge is 2.25. The number of thiazole rings is 1. The first-order valence-corrected chi connectivity index (χ1v) is 12.0. The van der Waals surface area contributed by atoms with Crippen LogP contribution in [0, 0.1) is 6.92 Å². The lowest BCUT2D eigenvalue weighted by molar-refractivity contribution is 0.119. The van der Waals surface area contributed by atoms with Crippen molar-refractivity contribution in [2.45, 2.75) is 13.5 Å². The number of nitrogens with zero attached hydrogens (tertiary/aromatic N) is 5. The molecule has 0 radical (unpaired) electrons. The van der Waals surface area contributed by atoms with Crippen molar-refractivity contribution in [3.8, 4) is 17.0 Å². The van der Waals surface area contributed by atoms with Gasteiger partial charge in [0.25, 0.3) is 0 Å². The summed E-state index contributed by atoms with van der Waals surface area (Å²) in [5.74, 6) is 0.856. The van der Waals surface area contributed by atoms with Gasteiger partial charge in [-0.2, -0.15) is 0 Å². The zero-order valence-corrected chi connectivity index (χ0v) is 20.4. The van der Waals surface area contributed by atoms with Crippen LogP contribution in [0.2, 0.25) is 0 Å². The number of amides is 2. The van der Waals surface area contributed by atoms with Gasteiger partial charge in [-0.25, -0.2) is 9.78 Å². The Labute approximate surface area is 197 Å². The smallest absolute Gasteiger partial charge is 0.319 e. The maximum atomic E-state index is 12.3. The summed E-state index contributed by atoms with van der Waals surface area (Å²) >= 11 is 1.69. The normalized spacial score (nSPS) is 14.8. The number of aryl methyl sites for hydroxylation is 1. The molecule has 0 N–H and O–H groups in total. The van der Waals surface area contributed by atoms with Gasteiger partial charge < -0.3 is 14.5 Å². The van der Waals surface area contributed by atoms with Crippen LogP contribution in [-0.2, 0) is 6.54 Å². The molecule has 2 amide bonds. The first-order chi connectivity index (χ1) is 15.9. The van der Waals surface area contributed by atoms with Crippen molar-refractivity contribution in [3.63, 3.8) is 0 Å². The number of hydrogen-bond donors (Lipinski definition) is 0. The third-order valence-electron chi connectivity index (χ3n) is 6.27. The molecule has 3 heterocycles. The van der Waals surface area contributed by atoms with Crippen LogP contribution in [0.1, 0.15) is 11.3 Å². The Balaban J connectivity index is 1.53. The highest BCUT2D eigenvalue weighted by molar-refractivity contribution is 7.23. The molecule has 0 aliphatic carbocycles. The van der Waals surface area contributed by atoms with Gasteiger partial charge in [-0.3, -0.25) is 9.30 Å². The van der Waals surface area contributed by atoms with Crippen molar-refractivity contribution in [1.82, 2.24) is 24.1 Å². The molecule has 5 rings (SSSR count). The highest BCUT2D eigenvalue weighted by atomic mass is 32.1. The summed E-state index contributed by atoms with van der Waals surface area (Å²) < 4.78 is 8.89. The van der Waals surface area contributed by atoms with Crippen molar-refractivity contribution < 1.29 is 9.53 Å². The van der Waals surface area contributed by atoms with Gasteiger partial charge in [0.2, 0.25) is 0 Å². The van der Waals surface area contributed by atoms with E-state index in [0.29, 0.717) is 0 Å². The van der Waals surface area contributed by atoms with Gasteiger partial charge in [0.1, 0.15) is 5.75 Å². The molecular weight excluding hydrogens is 434 g/mol. The molecule has 0 bridgehead atoms. The first-order valence-electron chi connectivity index (χ1n) is 11.2. The van der Waals surface area contributed by atoms with Crippen LogP contribution in [0.15, 0.2) is 42.5 Å². The average molecular weight is 464 g/mol. The number of rotatable bonds is 4. The standard InChI is InChI=1S/C25H29N5O2S/c1-17-5-7-18(8-6-17)23-21(16-28-11-13-29(14-12-28)25(31)27(2)3)30-20-10-9-19(32-4)15-22(20)33-24(30)26-23/h5-10,15H,11-14,16H2,1-4H3. The fraction of sp³-hybridized carbons (Fsp3) is 0.360. The monoisotopic (exact) mass is 463 g/mol. The summed E-state index contributed by atoms with van der Waals surface area (Å²) in [6.45, 7) is 6.05. The molecule has 0 unspecified atom stereocenters. The summed E-state index contributed by atoms with van der Waals surface area (Å²) in [5, 5.41) is 0. The van der Waals surface area contributed by atoms with Gasteiger partial charge in [0.15, 0.2) is 4.96 Å². The number of methoxy groups -OCH3 is 1. The first kappa shape index (κ1) is 21.7. The Morgan fingerprint density at radius 3 is 2.48 bits per heavy atom. The number of aromatic nitrogens is 2. The van der Waals surface area contributed by atoms with Crippen molar-refractivity contribution in [2.75, 3.05) is 47.4 Å². The summed E-state index contributed by atoms with van der Waals surface area (Å²) in [6.07, 6.45) is 0. The van der Waals surface area contributed by atoms with E-state index in [9.17, 15) is 4.79 Å². The second kappa shape index (κ2) is 8.68. The van der Waals surface area contributed by atoms with E-state index in [0.717, 1.165) is 64.9 Å². The Kier molecular flexibility index (Phi) is 5.72. The lowest BCUT2D eigenvalue weighted by Gasteiger charge is -2.35. The number of fused-ring (bicyclic) bond motifs is 3. The second-order valence-corrected chi connectivity index (χ2v) is 9.78. The summed E-state index contributed by atoms with van der Waals surface area (Å²) in [6, 6.07) is 14.9. The number of urea groups is 1. The second-order valence-electron chi connectivity index (χ2n) is 8.77. The molecule has 1 aliphatic rings. The van der Waals surface area contributed by atoms with Crippen LogP contribution in [-0.4, -0.2) is 77.5 Å². The molecule has 1 aliphatic heterocycles. The topological polar surface area (TPSA) is 53.3 Å². The van der Waals surface area contributed by atoms with Gasteiger partial charge in [0.05, 0.1) is 28.7 Å². The van der Waals surface area contributed by atoms with E-state index in [-0.39, 0.29) is 6.03 Å². The van der Waals surface area contributed by atoms with Crippen LogP contribution < -0.4 is 4.74 Å². The SMILES string of the molecule is COc1ccc2c(c1)sc1nc(-c3ccc(C)cc3)c(CN3CCN(C(=O)N(C)C)CC3)n12. The van der Waals surface area contributed by atoms with Gasteiger partial charge in [-0.1, -0.05) is 41.2 Å². The average Bonchev–Trinajstić information content (AvgIpc) is 3.35. The van der Waals surface area contributed by atoms with E-state index in [1.807, 2.05) is 25.1 Å². The van der Waals surface area contributed by atoms with Gasteiger partial charge in [0, 0.05) is 52.4 Å². The molecule has 1 fully saturated rings. The molecular formula is C25H29N5O2S. The predicted molar refractivity (Wildman–Crippen MR) is 133 cm³/mol. The molecule has 7 nitrogen and oxygen atoms in total. The van der Waals surface area contributed by atoms with E-state index >= 15 is 0 Å². The Morgan fingerprint density at radius 1 is 1.09 bits per heavy atom. The van der Waals surface area contributed by atoms with Crippen LogP contribution in [0.25, 0.3) is 26.4 Å². The lowest BCUT2D eigenvalue weighted by atomic mass is 10.1. The zero-order valence-electron chi connectivity index (χ0n) is 19.5. The summed E-state index contributed by atoms with van der Waals surface area (Å²) in [5.41, 5.74) is 5.75. The lowest BCUT2D eigenvalue weighted by Crippen LogP contribution is -2.51. The number of benzene rings is 2. The fourth-order valence-corrected chi connectivity index (χ4v) is 5.49. The third kappa shape index (κ3) is 4.05. The molecule has 8 heteroatoms. The van der Waals surface area contributed by atoms with E-state index in [2.05, 4.69) is 52.6 Å². The molecule has 0 saturated carbocycles. The molecule has 0 spiro atoms. The zero-order chi connectivity index (χ0) is 23.1. The minimum absolute atomic E-state index is 0.0829. The molecule has 4 aromatic rings. The summed E-state index contributed by atoms with van der Waals surface area (Å²) in [7, 11) is 5.31. The van der Waals surface area contributed by atoms with Crippen LogP contribution in [0.3, 0.4) is 0 Å².